The lowest BCUT2D eigenvalue weighted by atomic mass is 10.2. The Hall–Kier alpha value is -0.340. The van der Waals surface area contributed by atoms with Crippen molar-refractivity contribution in [3.63, 3.8) is 0 Å². The van der Waals surface area contributed by atoms with Crippen molar-refractivity contribution in [1.29, 1.82) is 0 Å². The van der Waals surface area contributed by atoms with Crippen molar-refractivity contribution in [1.82, 2.24) is 0 Å². The third-order valence-electron chi connectivity index (χ3n) is 1.95. The molecule has 0 bridgehead atoms. The van der Waals surface area contributed by atoms with Gasteiger partial charge in [0, 0.05) is 0 Å². The third kappa shape index (κ3) is 3.04. The molecule has 0 aliphatic carbocycles. The second kappa shape index (κ2) is 4.52. The Balaban J connectivity index is 2.17. The summed E-state index contributed by atoms with van der Waals surface area (Å²) in [4.78, 5) is 0. The summed E-state index contributed by atoms with van der Waals surface area (Å²) in [5, 5.41) is 0. The maximum atomic E-state index is 5.58. The topological polar surface area (TPSA) is 35.2 Å². The fourth-order valence-corrected chi connectivity index (χ4v) is 1.32. The standard InChI is InChI=1S/C9H17NO/c1-8-5-6-9(11-8)4-2-3-7-10/h2,4,8-9H,3,5-7,10H2,1H3/b4-2+. The summed E-state index contributed by atoms with van der Waals surface area (Å²) in [6.07, 6.45) is 8.38. The van der Waals surface area contributed by atoms with Crippen LogP contribution in [0.15, 0.2) is 12.2 Å². The maximum absolute atomic E-state index is 5.58. The highest BCUT2D eigenvalue weighted by Gasteiger charge is 2.18. The predicted molar refractivity (Wildman–Crippen MR) is 46.4 cm³/mol. The molecule has 2 nitrogen and oxygen atoms in total. The van der Waals surface area contributed by atoms with Gasteiger partial charge < -0.3 is 10.5 Å². The molecule has 0 spiro atoms. The van der Waals surface area contributed by atoms with Crippen molar-refractivity contribution in [3.8, 4) is 0 Å². The molecule has 0 aromatic heterocycles. The van der Waals surface area contributed by atoms with E-state index in [2.05, 4.69) is 19.1 Å². The lowest BCUT2D eigenvalue weighted by molar-refractivity contribution is 0.0832. The fraction of sp³-hybridized carbons (Fsp3) is 0.778. The van der Waals surface area contributed by atoms with Gasteiger partial charge >= 0.3 is 0 Å². The summed E-state index contributed by atoms with van der Waals surface area (Å²) in [6.45, 7) is 2.86. The molecule has 1 heterocycles. The highest BCUT2D eigenvalue weighted by molar-refractivity contribution is 4.92. The minimum absolute atomic E-state index is 0.358. The quantitative estimate of drug-likeness (QED) is 0.626. The zero-order valence-electron chi connectivity index (χ0n) is 7.12. The van der Waals surface area contributed by atoms with Gasteiger partial charge in [0.05, 0.1) is 12.2 Å². The van der Waals surface area contributed by atoms with E-state index < -0.39 is 0 Å². The molecule has 0 aromatic rings. The van der Waals surface area contributed by atoms with Gasteiger partial charge in [-0.3, -0.25) is 0 Å². The van der Waals surface area contributed by atoms with Gasteiger partial charge in [-0.15, -0.1) is 0 Å². The normalized spacial score (nSPS) is 31.8. The van der Waals surface area contributed by atoms with Crippen molar-refractivity contribution in [2.24, 2.45) is 5.73 Å². The zero-order valence-corrected chi connectivity index (χ0v) is 7.12. The summed E-state index contributed by atoms with van der Waals surface area (Å²) < 4.78 is 5.58. The van der Waals surface area contributed by atoms with E-state index >= 15 is 0 Å². The van der Waals surface area contributed by atoms with Crippen LogP contribution in [0.4, 0.5) is 0 Å². The Morgan fingerprint density at radius 2 is 2.36 bits per heavy atom. The van der Waals surface area contributed by atoms with Gasteiger partial charge in [0.15, 0.2) is 0 Å². The van der Waals surface area contributed by atoms with Crippen LogP contribution in [0.25, 0.3) is 0 Å². The van der Waals surface area contributed by atoms with Crippen molar-refractivity contribution in [2.45, 2.75) is 38.4 Å². The molecule has 0 amide bonds. The summed E-state index contributed by atoms with van der Waals surface area (Å²) in [5.74, 6) is 0. The first kappa shape index (κ1) is 8.75. The molecular formula is C9H17NO. The van der Waals surface area contributed by atoms with Gasteiger partial charge in [-0.25, -0.2) is 0 Å². The molecule has 2 atom stereocenters. The Kier molecular flexibility index (Phi) is 3.60. The molecule has 2 unspecified atom stereocenters. The van der Waals surface area contributed by atoms with E-state index in [9.17, 15) is 0 Å². The zero-order chi connectivity index (χ0) is 8.10. The molecular weight excluding hydrogens is 138 g/mol. The molecule has 11 heavy (non-hydrogen) atoms. The number of nitrogens with two attached hydrogens (primary N) is 1. The van der Waals surface area contributed by atoms with E-state index in [1.54, 1.807) is 0 Å². The Labute approximate surface area is 68.4 Å². The molecule has 1 rings (SSSR count). The molecule has 2 N–H and O–H groups in total. The fourth-order valence-electron chi connectivity index (χ4n) is 1.32. The summed E-state index contributed by atoms with van der Waals surface area (Å²) in [6, 6.07) is 0. The molecule has 0 radical (unpaired) electrons. The van der Waals surface area contributed by atoms with Gasteiger partial charge in [0.2, 0.25) is 0 Å². The van der Waals surface area contributed by atoms with Crippen molar-refractivity contribution < 1.29 is 4.74 Å². The summed E-state index contributed by atoms with van der Waals surface area (Å²) in [7, 11) is 0. The van der Waals surface area contributed by atoms with Gasteiger partial charge in [-0.05, 0) is 32.7 Å². The minimum Gasteiger partial charge on any atom is -0.371 e. The first-order valence-electron chi connectivity index (χ1n) is 4.35. The molecule has 1 aliphatic heterocycles. The van der Waals surface area contributed by atoms with E-state index in [-0.39, 0.29) is 0 Å². The van der Waals surface area contributed by atoms with Crippen LogP contribution in [0, 0.1) is 0 Å². The highest BCUT2D eigenvalue weighted by Crippen LogP contribution is 2.19. The van der Waals surface area contributed by atoms with Crippen LogP contribution in [-0.4, -0.2) is 18.8 Å². The second-order valence-corrected chi connectivity index (χ2v) is 3.07. The third-order valence-corrected chi connectivity index (χ3v) is 1.95. The Morgan fingerprint density at radius 3 is 2.91 bits per heavy atom. The number of hydrogen-bond acceptors (Lipinski definition) is 2. The first-order valence-corrected chi connectivity index (χ1v) is 4.35. The Morgan fingerprint density at radius 1 is 1.55 bits per heavy atom. The molecule has 1 aliphatic rings. The lowest BCUT2D eigenvalue weighted by Gasteiger charge is -2.04. The molecule has 0 aromatic carbocycles. The van der Waals surface area contributed by atoms with Gasteiger partial charge in [-0.2, -0.15) is 0 Å². The van der Waals surface area contributed by atoms with E-state index in [1.165, 1.54) is 12.8 Å². The van der Waals surface area contributed by atoms with Gasteiger partial charge in [-0.1, -0.05) is 12.2 Å². The van der Waals surface area contributed by atoms with Crippen molar-refractivity contribution in [2.75, 3.05) is 6.54 Å². The summed E-state index contributed by atoms with van der Waals surface area (Å²) >= 11 is 0. The molecule has 1 fully saturated rings. The first-order chi connectivity index (χ1) is 5.33. The molecule has 64 valence electrons. The van der Waals surface area contributed by atoms with Crippen LogP contribution in [0.3, 0.4) is 0 Å². The number of ether oxygens (including phenoxy) is 1. The van der Waals surface area contributed by atoms with E-state index in [0.29, 0.717) is 12.2 Å². The number of hydrogen-bond donors (Lipinski definition) is 1. The molecule has 2 heteroatoms. The van der Waals surface area contributed by atoms with E-state index in [0.717, 1.165) is 13.0 Å². The van der Waals surface area contributed by atoms with Crippen molar-refractivity contribution in [3.05, 3.63) is 12.2 Å². The minimum atomic E-state index is 0.358. The van der Waals surface area contributed by atoms with E-state index in [1.807, 2.05) is 0 Å². The molecule has 1 saturated heterocycles. The summed E-state index contributed by atoms with van der Waals surface area (Å²) in [5.41, 5.74) is 5.35. The van der Waals surface area contributed by atoms with Crippen LogP contribution < -0.4 is 5.73 Å². The monoisotopic (exact) mass is 155 g/mol. The second-order valence-electron chi connectivity index (χ2n) is 3.07. The predicted octanol–water partition coefficient (Wildman–Crippen LogP) is 1.46. The maximum Gasteiger partial charge on any atom is 0.0760 e. The average Bonchev–Trinajstić information content (AvgIpc) is 2.37. The lowest BCUT2D eigenvalue weighted by Crippen LogP contribution is -2.04. The smallest absolute Gasteiger partial charge is 0.0760 e. The SMILES string of the molecule is CC1CCC(/C=C/CCN)O1. The van der Waals surface area contributed by atoms with Crippen LogP contribution in [0.5, 0.6) is 0 Å². The highest BCUT2D eigenvalue weighted by atomic mass is 16.5. The van der Waals surface area contributed by atoms with Crippen LogP contribution in [-0.2, 0) is 4.74 Å². The van der Waals surface area contributed by atoms with Crippen molar-refractivity contribution >= 4 is 0 Å². The van der Waals surface area contributed by atoms with E-state index in [4.69, 9.17) is 10.5 Å². The van der Waals surface area contributed by atoms with Crippen LogP contribution >= 0.6 is 0 Å². The largest absolute Gasteiger partial charge is 0.371 e. The Bertz CT molecular complexity index is 134. The number of rotatable bonds is 3. The average molecular weight is 155 g/mol. The van der Waals surface area contributed by atoms with Crippen LogP contribution in [0.2, 0.25) is 0 Å². The van der Waals surface area contributed by atoms with Gasteiger partial charge in [0.25, 0.3) is 0 Å². The molecule has 0 saturated carbocycles. The van der Waals surface area contributed by atoms with Crippen LogP contribution in [0.1, 0.15) is 26.2 Å². The van der Waals surface area contributed by atoms with Gasteiger partial charge in [0.1, 0.15) is 0 Å².